The molecule has 0 aromatic heterocycles. The number of nitrogens with zero attached hydrogens (tertiary/aromatic N) is 3. The maximum absolute atomic E-state index is 14.7. The molecule has 1 atom stereocenters. The number of hydrogen-bond acceptors (Lipinski definition) is 5. The van der Waals surface area contributed by atoms with E-state index < -0.39 is 41.0 Å². The number of amides is 1. The highest BCUT2D eigenvalue weighted by Crippen LogP contribution is 2.35. The van der Waals surface area contributed by atoms with Crippen molar-refractivity contribution in [3.8, 4) is 0 Å². The normalized spacial score (nSPS) is 21.2. The van der Waals surface area contributed by atoms with Crippen LogP contribution in [0.15, 0.2) is 35.5 Å². The lowest BCUT2D eigenvalue weighted by molar-refractivity contribution is -0.114. The van der Waals surface area contributed by atoms with E-state index in [-0.39, 0.29) is 25.3 Å². The molecule has 1 fully saturated rings. The van der Waals surface area contributed by atoms with Crippen molar-refractivity contribution < 1.29 is 27.5 Å². The molecule has 0 unspecified atom stereocenters. The lowest BCUT2D eigenvalue weighted by Crippen LogP contribution is -2.29. The predicted octanol–water partition coefficient (Wildman–Crippen LogP) is 3.51. The molecule has 0 saturated carbocycles. The van der Waals surface area contributed by atoms with Gasteiger partial charge in [-0.25, -0.2) is 18.0 Å². The Kier molecular flexibility index (Phi) is 5.12. The van der Waals surface area contributed by atoms with Gasteiger partial charge in [0.2, 0.25) is 0 Å². The van der Waals surface area contributed by atoms with E-state index in [0.717, 1.165) is 21.6 Å². The predicted molar refractivity (Wildman–Crippen MR) is 101 cm³/mol. The first kappa shape index (κ1) is 19.2. The van der Waals surface area contributed by atoms with Crippen molar-refractivity contribution >= 4 is 29.0 Å². The number of carbonyl (C=O) groups excluding carboxylic acids is 2. The molecule has 3 aliphatic rings. The number of benzene rings is 1. The molecule has 1 aromatic carbocycles. The average molecular weight is 405 g/mol. The van der Waals surface area contributed by atoms with Gasteiger partial charge in [-0.15, -0.1) is 0 Å². The largest absolute Gasteiger partial charge is 0.444 e. The second-order valence-corrected chi connectivity index (χ2v) is 6.97. The van der Waals surface area contributed by atoms with Crippen LogP contribution >= 0.6 is 0 Å². The van der Waals surface area contributed by atoms with Gasteiger partial charge in [-0.3, -0.25) is 14.7 Å². The van der Waals surface area contributed by atoms with E-state index in [4.69, 9.17) is 4.74 Å². The van der Waals surface area contributed by atoms with Gasteiger partial charge >= 0.3 is 6.09 Å². The third kappa shape index (κ3) is 3.76. The van der Waals surface area contributed by atoms with Crippen LogP contribution in [-0.2, 0) is 9.53 Å². The molecule has 9 heteroatoms. The molecule has 3 heterocycles. The maximum Gasteiger partial charge on any atom is 0.414 e. The number of allylic oxidation sites excluding steroid dienone is 2. The summed E-state index contributed by atoms with van der Waals surface area (Å²) in [5.41, 5.74) is -0.211. The molecule has 3 aliphatic heterocycles. The molecule has 0 bridgehead atoms. The minimum Gasteiger partial charge on any atom is -0.444 e. The molecule has 0 N–H and O–H groups in total. The van der Waals surface area contributed by atoms with E-state index in [1.807, 2.05) is 12.2 Å². The van der Waals surface area contributed by atoms with Gasteiger partial charge in [0.15, 0.2) is 23.2 Å². The third-order valence-electron chi connectivity index (χ3n) is 5.04. The standard InChI is InChI=1S/C20H18F3N3O3/c21-15-10-16(17(22)18(23)19(15)25-8-5-13(27)6-9-25)26-11-14(29-20(26)28)4-3-12-2-1-7-24-12/h1-2,5,8,10,14H,3-4,6-7,9,11H2/t14-/m0/s1. The summed E-state index contributed by atoms with van der Waals surface area (Å²) in [6.07, 6.45) is 5.95. The highest BCUT2D eigenvalue weighted by Gasteiger charge is 2.36. The fraction of sp³-hybridized carbons (Fsp3) is 0.350. The highest BCUT2D eigenvalue weighted by atomic mass is 19.2. The number of rotatable bonds is 5. The molecule has 152 valence electrons. The van der Waals surface area contributed by atoms with Crippen LogP contribution < -0.4 is 9.80 Å². The van der Waals surface area contributed by atoms with Crippen LogP contribution in [0.3, 0.4) is 0 Å². The van der Waals surface area contributed by atoms with Gasteiger partial charge in [0.05, 0.1) is 18.8 Å². The summed E-state index contributed by atoms with van der Waals surface area (Å²) in [7, 11) is 0. The summed E-state index contributed by atoms with van der Waals surface area (Å²) in [4.78, 5) is 29.7. The Hall–Kier alpha value is -3.10. The number of ketones is 1. The first-order valence-corrected chi connectivity index (χ1v) is 9.27. The molecule has 1 saturated heterocycles. The van der Waals surface area contributed by atoms with E-state index in [0.29, 0.717) is 19.4 Å². The summed E-state index contributed by atoms with van der Waals surface area (Å²) < 4.78 is 49.2. The molecule has 29 heavy (non-hydrogen) atoms. The smallest absolute Gasteiger partial charge is 0.414 e. The molecule has 1 amide bonds. The highest BCUT2D eigenvalue weighted by molar-refractivity contribution is 5.96. The van der Waals surface area contributed by atoms with Crippen molar-refractivity contribution in [2.24, 2.45) is 4.99 Å². The quantitative estimate of drug-likeness (QED) is 0.704. The van der Waals surface area contributed by atoms with Crippen LogP contribution in [0.1, 0.15) is 19.3 Å². The number of halogens is 3. The number of cyclic esters (lactones) is 1. The zero-order chi connectivity index (χ0) is 20.5. The minimum atomic E-state index is -1.42. The fourth-order valence-electron chi connectivity index (χ4n) is 3.53. The Labute approximate surface area is 164 Å². The van der Waals surface area contributed by atoms with Gasteiger partial charge in [0.1, 0.15) is 11.8 Å². The topological polar surface area (TPSA) is 62.2 Å². The summed E-state index contributed by atoms with van der Waals surface area (Å²) in [6, 6.07) is 0.783. The Morgan fingerprint density at radius 1 is 1.17 bits per heavy atom. The van der Waals surface area contributed by atoms with Gasteiger partial charge < -0.3 is 9.64 Å². The molecule has 6 nitrogen and oxygen atoms in total. The molecule has 1 aromatic rings. The van der Waals surface area contributed by atoms with Gasteiger partial charge in [-0.05, 0) is 25.0 Å². The Morgan fingerprint density at radius 3 is 2.69 bits per heavy atom. The lowest BCUT2D eigenvalue weighted by atomic mass is 10.1. The second kappa shape index (κ2) is 7.73. The summed E-state index contributed by atoms with van der Waals surface area (Å²) in [5, 5.41) is 0. The monoisotopic (exact) mass is 405 g/mol. The van der Waals surface area contributed by atoms with Crippen molar-refractivity contribution in [3.63, 3.8) is 0 Å². The molecule has 0 spiro atoms. The van der Waals surface area contributed by atoms with Crippen molar-refractivity contribution in [2.75, 3.05) is 29.4 Å². The van der Waals surface area contributed by atoms with Gasteiger partial charge in [0.25, 0.3) is 0 Å². The minimum absolute atomic E-state index is 0.0108. The summed E-state index contributed by atoms with van der Waals surface area (Å²) >= 11 is 0. The zero-order valence-corrected chi connectivity index (χ0v) is 15.4. The van der Waals surface area contributed by atoms with E-state index in [2.05, 4.69) is 4.99 Å². The summed E-state index contributed by atoms with van der Waals surface area (Å²) in [6.45, 7) is 0.652. The zero-order valence-electron chi connectivity index (χ0n) is 15.4. The third-order valence-corrected chi connectivity index (χ3v) is 5.04. The van der Waals surface area contributed by atoms with E-state index in [1.54, 1.807) is 0 Å². The first-order chi connectivity index (χ1) is 13.9. The summed E-state index contributed by atoms with van der Waals surface area (Å²) in [5.74, 6) is -3.96. The van der Waals surface area contributed by atoms with Crippen LogP contribution in [0.4, 0.5) is 29.3 Å². The van der Waals surface area contributed by atoms with Crippen molar-refractivity contribution in [1.82, 2.24) is 0 Å². The van der Waals surface area contributed by atoms with Crippen molar-refractivity contribution in [1.29, 1.82) is 0 Å². The second-order valence-electron chi connectivity index (χ2n) is 6.97. The van der Waals surface area contributed by atoms with Gasteiger partial charge in [0, 0.05) is 30.9 Å². The first-order valence-electron chi connectivity index (χ1n) is 9.27. The molecule has 0 aliphatic carbocycles. The number of ether oxygens (including phenoxy) is 1. The number of anilines is 2. The van der Waals surface area contributed by atoms with E-state index in [9.17, 15) is 22.8 Å². The molecule has 4 rings (SSSR count). The van der Waals surface area contributed by atoms with Crippen LogP contribution in [0, 0.1) is 17.5 Å². The lowest BCUT2D eigenvalue weighted by Gasteiger charge is -2.25. The Bertz CT molecular complexity index is 958. The Morgan fingerprint density at radius 2 is 2.00 bits per heavy atom. The van der Waals surface area contributed by atoms with E-state index in [1.165, 1.54) is 12.3 Å². The number of aliphatic imine (C=N–C) groups is 1. The van der Waals surface area contributed by atoms with Gasteiger partial charge in [-0.2, -0.15) is 0 Å². The van der Waals surface area contributed by atoms with Crippen LogP contribution in [-0.4, -0.2) is 43.3 Å². The average Bonchev–Trinajstić information content (AvgIpc) is 3.34. The SMILES string of the molecule is O=C1C=CN(c2c(F)cc(N3C[C@H](CCC4=NCC=C4)OC3=O)c(F)c2F)CC1. The van der Waals surface area contributed by atoms with Crippen molar-refractivity contribution in [3.05, 3.63) is 47.9 Å². The number of carbonyl (C=O) groups is 2. The Balaban J connectivity index is 1.54. The van der Waals surface area contributed by atoms with Crippen molar-refractivity contribution in [2.45, 2.75) is 25.4 Å². The molecular formula is C20H18F3N3O3. The van der Waals surface area contributed by atoms with Crippen LogP contribution in [0.2, 0.25) is 0 Å². The molecular weight excluding hydrogens is 387 g/mol. The van der Waals surface area contributed by atoms with Crippen LogP contribution in [0.5, 0.6) is 0 Å². The fourth-order valence-corrected chi connectivity index (χ4v) is 3.53. The van der Waals surface area contributed by atoms with E-state index >= 15 is 0 Å². The maximum atomic E-state index is 14.7. The van der Waals surface area contributed by atoms with Gasteiger partial charge in [-0.1, -0.05) is 6.08 Å². The molecule has 0 radical (unpaired) electrons. The number of hydrogen-bond donors (Lipinski definition) is 0. The van der Waals surface area contributed by atoms with Crippen LogP contribution in [0.25, 0.3) is 0 Å².